The highest BCUT2D eigenvalue weighted by Crippen LogP contribution is 2.20. The van der Waals surface area contributed by atoms with Gasteiger partial charge in [-0.2, -0.15) is 0 Å². The van der Waals surface area contributed by atoms with Crippen LogP contribution in [-0.4, -0.2) is 54.4 Å². The van der Waals surface area contributed by atoms with Crippen LogP contribution in [0.2, 0.25) is 0 Å². The lowest BCUT2D eigenvalue weighted by molar-refractivity contribution is -0.131. The molecule has 1 saturated heterocycles. The quantitative estimate of drug-likeness (QED) is 0.444. The van der Waals surface area contributed by atoms with E-state index < -0.39 is 0 Å². The monoisotopic (exact) mass is 367 g/mol. The smallest absolute Gasteiger partial charge is 0.308 e. The van der Waals surface area contributed by atoms with Crippen LogP contribution < -0.4 is 9.64 Å². The van der Waals surface area contributed by atoms with Crippen molar-refractivity contribution in [1.29, 1.82) is 0 Å². The minimum atomic E-state index is -0.358. The molecule has 0 amide bonds. The molecule has 1 fully saturated rings. The number of ether oxygens (including phenoxy) is 1. The number of anilines is 1. The molecule has 1 aliphatic rings. The van der Waals surface area contributed by atoms with Crippen molar-refractivity contribution in [2.75, 3.05) is 37.6 Å². The van der Waals surface area contributed by atoms with E-state index in [2.05, 4.69) is 14.8 Å². The number of Topliss-reactive ketones (excluding diaryl/α,β-unsaturated/α-hetero) is 1. The molecule has 0 bridgehead atoms. The number of carbonyl (C=O) groups excluding carboxylic acids is 2. The number of carbonyl (C=O) groups is 2. The Bertz CT molecular complexity index is 800. The van der Waals surface area contributed by atoms with Crippen molar-refractivity contribution in [1.82, 2.24) is 9.88 Å². The van der Waals surface area contributed by atoms with E-state index in [1.165, 1.54) is 12.6 Å². The molecule has 2 heterocycles. The van der Waals surface area contributed by atoms with Gasteiger partial charge in [0.2, 0.25) is 0 Å². The fraction of sp³-hybridized carbons (Fsp3) is 0.381. The first-order valence-electron chi connectivity index (χ1n) is 9.22. The summed E-state index contributed by atoms with van der Waals surface area (Å²) in [7, 11) is 0. The average Bonchev–Trinajstić information content (AvgIpc) is 2.68. The van der Waals surface area contributed by atoms with Gasteiger partial charge in [0.25, 0.3) is 0 Å². The number of pyridine rings is 1. The van der Waals surface area contributed by atoms with Gasteiger partial charge in [0.1, 0.15) is 5.75 Å². The molecule has 6 nitrogen and oxygen atoms in total. The third-order valence-electron chi connectivity index (χ3n) is 4.81. The van der Waals surface area contributed by atoms with Gasteiger partial charge in [-0.1, -0.05) is 0 Å². The number of rotatable bonds is 6. The topological polar surface area (TPSA) is 62.7 Å². The van der Waals surface area contributed by atoms with Crippen molar-refractivity contribution in [3.8, 4) is 5.75 Å². The lowest BCUT2D eigenvalue weighted by Gasteiger charge is -2.35. The first kappa shape index (κ1) is 19.0. The maximum Gasteiger partial charge on any atom is 0.308 e. The number of piperazine rings is 1. The highest BCUT2D eigenvalue weighted by molar-refractivity contribution is 5.96. The molecule has 0 atom stereocenters. The summed E-state index contributed by atoms with van der Waals surface area (Å²) >= 11 is 0. The van der Waals surface area contributed by atoms with E-state index in [-0.39, 0.29) is 11.8 Å². The number of nitrogens with zero attached hydrogens (tertiary/aromatic N) is 3. The standard InChI is InChI=1S/C21H25N3O3/c1-16-15-18(3-4-21(16)27-17(2)25)20(26)7-10-23-11-13-24(14-12-23)19-5-8-22-9-6-19/h3-6,8-9,15H,7,10-14H2,1-2H3. The molecule has 6 heteroatoms. The predicted molar refractivity (Wildman–Crippen MR) is 104 cm³/mol. The zero-order valence-corrected chi connectivity index (χ0v) is 15.9. The van der Waals surface area contributed by atoms with E-state index in [1.807, 2.05) is 31.5 Å². The molecule has 0 spiro atoms. The number of aryl methyl sites for hydroxylation is 1. The SMILES string of the molecule is CC(=O)Oc1ccc(C(=O)CCN2CCN(c3ccncc3)CC2)cc1C. The van der Waals surface area contributed by atoms with E-state index >= 15 is 0 Å². The van der Waals surface area contributed by atoms with Gasteiger partial charge >= 0.3 is 5.97 Å². The van der Waals surface area contributed by atoms with Crippen molar-refractivity contribution in [3.63, 3.8) is 0 Å². The van der Waals surface area contributed by atoms with Gasteiger partial charge in [-0.25, -0.2) is 0 Å². The van der Waals surface area contributed by atoms with Crippen molar-refractivity contribution >= 4 is 17.4 Å². The van der Waals surface area contributed by atoms with Gasteiger partial charge < -0.3 is 9.64 Å². The Morgan fingerprint density at radius 3 is 2.41 bits per heavy atom. The van der Waals surface area contributed by atoms with E-state index in [4.69, 9.17) is 4.74 Å². The maximum atomic E-state index is 12.5. The van der Waals surface area contributed by atoms with Crippen LogP contribution in [0, 0.1) is 6.92 Å². The Labute approximate surface area is 159 Å². The first-order valence-corrected chi connectivity index (χ1v) is 9.22. The Balaban J connectivity index is 1.48. The van der Waals surface area contributed by atoms with Crippen LogP contribution in [0.3, 0.4) is 0 Å². The van der Waals surface area contributed by atoms with Crippen LogP contribution in [0.5, 0.6) is 5.75 Å². The predicted octanol–water partition coefficient (Wildman–Crippen LogP) is 2.71. The van der Waals surface area contributed by atoms with Gasteiger partial charge in [-0.05, 0) is 42.8 Å². The van der Waals surface area contributed by atoms with Crippen LogP contribution in [0.25, 0.3) is 0 Å². The first-order chi connectivity index (χ1) is 13.0. The number of aromatic nitrogens is 1. The molecule has 0 aliphatic carbocycles. The summed E-state index contributed by atoms with van der Waals surface area (Å²) in [4.78, 5) is 32.3. The molecule has 142 valence electrons. The minimum Gasteiger partial charge on any atom is -0.426 e. The molecule has 0 unspecified atom stereocenters. The van der Waals surface area contributed by atoms with Crippen molar-refractivity contribution in [3.05, 3.63) is 53.9 Å². The highest BCUT2D eigenvalue weighted by atomic mass is 16.5. The average molecular weight is 367 g/mol. The maximum absolute atomic E-state index is 12.5. The molecule has 0 N–H and O–H groups in total. The highest BCUT2D eigenvalue weighted by Gasteiger charge is 2.18. The summed E-state index contributed by atoms with van der Waals surface area (Å²) in [5.41, 5.74) is 2.66. The number of hydrogen-bond donors (Lipinski definition) is 0. The Kier molecular flexibility index (Phi) is 6.19. The van der Waals surface area contributed by atoms with Crippen LogP contribution >= 0.6 is 0 Å². The lowest BCUT2D eigenvalue weighted by Crippen LogP contribution is -2.46. The second-order valence-corrected chi connectivity index (χ2v) is 6.78. The van der Waals surface area contributed by atoms with E-state index in [0.717, 1.165) is 38.3 Å². The number of ketones is 1. The second-order valence-electron chi connectivity index (χ2n) is 6.78. The number of esters is 1. The molecule has 27 heavy (non-hydrogen) atoms. The minimum absolute atomic E-state index is 0.115. The third kappa shape index (κ3) is 5.14. The van der Waals surface area contributed by atoms with E-state index in [9.17, 15) is 9.59 Å². The molecule has 1 aromatic heterocycles. The molecule has 1 aliphatic heterocycles. The van der Waals surface area contributed by atoms with Crippen LogP contribution in [0.15, 0.2) is 42.7 Å². The number of benzene rings is 1. The molecule has 1 aromatic carbocycles. The van der Waals surface area contributed by atoms with E-state index in [1.54, 1.807) is 18.2 Å². The largest absolute Gasteiger partial charge is 0.426 e. The van der Waals surface area contributed by atoms with Gasteiger partial charge in [-0.3, -0.25) is 19.5 Å². The fourth-order valence-corrected chi connectivity index (χ4v) is 3.28. The summed E-state index contributed by atoms with van der Waals surface area (Å²) < 4.78 is 5.11. The third-order valence-corrected chi connectivity index (χ3v) is 4.81. The molecule has 0 radical (unpaired) electrons. The Hall–Kier alpha value is -2.73. The van der Waals surface area contributed by atoms with Crippen molar-refractivity contribution < 1.29 is 14.3 Å². The zero-order valence-electron chi connectivity index (χ0n) is 15.9. The lowest BCUT2D eigenvalue weighted by atomic mass is 10.0. The summed E-state index contributed by atoms with van der Waals surface area (Å²) in [6.45, 7) is 7.76. The molecular formula is C21H25N3O3. The Morgan fingerprint density at radius 1 is 1.07 bits per heavy atom. The van der Waals surface area contributed by atoms with Gasteiger partial charge in [0.15, 0.2) is 5.78 Å². The normalized spacial score (nSPS) is 14.8. The molecule has 0 saturated carbocycles. The van der Waals surface area contributed by atoms with Gasteiger partial charge in [0.05, 0.1) is 0 Å². The van der Waals surface area contributed by atoms with Crippen LogP contribution in [0.1, 0.15) is 29.3 Å². The van der Waals surface area contributed by atoms with Crippen LogP contribution in [0.4, 0.5) is 5.69 Å². The summed E-state index contributed by atoms with van der Waals surface area (Å²) in [6, 6.07) is 9.27. The van der Waals surface area contributed by atoms with E-state index in [0.29, 0.717) is 17.7 Å². The number of hydrogen-bond acceptors (Lipinski definition) is 6. The van der Waals surface area contributed by atoms with Gasteiger partial charge in [0, 0.05) is 69.7 Å². The van der Waals surface area contributed by atoms with Crippen molar-refractivity contribution in [2.24, 2.45) is 0 Å². The zero-order chi connectivity index (χ0) is 19.2. The fourth-order valence-electron chi connectivity index (χ4n) is 3.28. The summed E-state index contributed by atoms with van der Waals surface area (Å²) in [5, 5.41) is 0. The molecule has 2 aromatic rings. The van der Waals surface area contributed by atoms with Crippen molar-refractivity contribution in [2.45, 2.75) is 20.3 Å². The second kappa shape index (κ2) is 8.77. The summed E-state index contributed by atoms with van der Waals surface area (Å²) in [6.07, 6.45) is 4.12. The van der Waals surface area contributed by atoms with Crippen LogP contribution in [-0.2, 0) is 4.79 Å². The van der Waals surface area contributed by atoms with Gasteiger partial charge in [-0.15, -0.1) is 0 Å². The summed E-state index contributed by atoms with van der Waals surface area (Å²) in [5.74, 6) is 0.262. The molecule has 3 rings (SSSR count). The molecular weight excluding hydrogens is 342 g/mol. The Morgan fingerprint density at radius 2 is 1.78 bits per heavy atom.